The van der Waals surface area contributed by atoms with Gasteiger partial charge in [-0.15, -0.1) is 5.10 Å². The van der Waals surface area contributed by atoms with Gasteiger partial charge in [-0.05, 0) is 85.3 Å². The maximum atomic E-state index is 12.6. The number of aryl methyl sites for hydroxylation is 2. The molecule has 0 aliphatic heterocycles. The van der Waals surface area contributed by atoms with Crippen LogP contribution in [0.5, 0.6) is 0 Å². The van der Waals surface area contributed by atoms with E-state index >= 15 is 0 Å². The van der Waals surface area contributed by atoms with Crippen LogP contribution in [0.4, 0.5) is 11.7 Å². The zero-order valence-corrected chi connectivity index (χ0v) is 19.0. The maximum Gasteiger partial charge on any atom is 0.322 e. The predicted octanol–water partition coefficient (Wildman–Crippen LogP) is 4.67. The van der Waals surface area contributed by atoms with E-state index in [1.54, 1.807) is 18.2 Å². The molecule has 5 rings (SSSR count). The van der Waals surface area contributed by atoms with Crippen LogP contribution in [0.1, 0.15) is 34.3 Å². The second kappa shape index (κ2) is 9.11. The molecule has 8 nitrogen and oxygen atoms in total. The molecule has 1 aliphatic rings. The highest BCUT2D eigenvalue weighted by molar-refractivity contribution is 7.92. The molecule has 0 spiro atoms. The summed E-state index contributed by atoms with van der Waals surface area (Å²) < 4.78 is 33.0. The largest absolute Gasteiger partial charge is 0.403 e. The number of hydrogen-bond acceptors (Lipinski definition) is 6. The molecule has 2 N–H and O–H groups in total. The lowest BCUT2D eigenvalue weighted by molar-refractivity contribution is 0.102. The van der Waals surface area contributed by atoms with E-state index in [4.69, 9.17) is 4.42 Å². The van der Waals surface area contributed by atoms with E-state index in [9.17, 15) is 13.2 Å². The van der Waals surface area contributed by atoms with Crippen LogP contribution >= 0.6 is 0 Å². The van der Waals surface area contributed by atoms with E-state index in [2.05, 4.69) is 32.4 Å². The zero-order chi connectivity index (χ0) is 23.5. The number of aromatic nitrogens is 2. The van der Waals surface area contributed by atoms with Crippen molar-refractivity contribution in [1.82, 2.24) is 10.2 Å². The lowest BCUT2D eigenvalue weighted by atomic mass is 9.90. The third kappa shape index (κ3) is 4.69. The monoisotopic (exact) mass is 474 g/mol. The number of nitrogens with zero attached hydrogens (tertiary/aromatic N) is 2. The van der Waals surface area contributed by atoms with Gasteiger partial charge in [0.2, 0.25) is 5.89 Å². The van der Waals surface area contributed by atoms with Gasteiger partial charge in [-0.25, -0.2) is 8.42 Å². The molecule has 0 fully saturated rings. The Morgan fingerprint density at radius 2 is 1.59 bits per heavy atom. The second-order valence-corrected chi connectivity index (χ2v) is 9.74. The molecule has 1 heterocycles. The minimum atomic E-state index is -3.71. The van der Waals surface area contributed by atoms with Gasteiger partial charge >= 0.3 is 6.01 Å². The smallest absolute Gasteiger partial charge is 0.322 e. The minimum Gasteiger partial charge on any atom is -0.403 e. The van der Waals surface area contributed by atoms with Crippen molar-refractivity contribution in [3.8, 4) is 11.5 Å². The van der Waals surface area contributed by atoms with Crippen molar-refractivity contribution in [2.75, 3.05) is 10.0 Å². The van der Waals surface area contributed by atoms with Gasteiger partial charge in [-0.1, -0.05) is 29.4 Å². The van der Waals surface area contributed by atoms with Crippen molar-refractivity contribution in [1.29, 1.82) is 0 Å². The molecule has 0 saturated heterocycles. The highest BCUT2D eigenvalue weighted by Crippen LogP contribution is 2.27. The number of sulfonamides is 1. The number of nitrogens with one attached hydrogen (secondary N) is 2. The minimum absolute atomic E-state index is 0.00780. The number of anilines is 2. The summed E-state index contributed by atoms with van der Waals surface area (Å²) in [6, 6.07) is 20.2. The molecule has 1 aliphatic carbocycles. The fourth-order valence-electron chi connectivity index (χ4n) is 3.93. The van der Waals surface area contributed by atoms with Crippen LogP contribution in [0.2, 0.25) is 0 Å². The van der Waals surface area contributed by atoms with Crippen LogP contribution in [0.15, 0.2) is 82.1 Å². The van der Waals surface area contributed by atoms with Crippen molar-refractivity contribution >= 4 is 27.6 Å². The number of carbonyl (C=O) groups excluding carboxylic acids is 1. The van der Waals surface area contributed by atoms with E-state index in [-0.39, 0.29) is 10.9 Å². The Balaban J connectivity index is 1.25. The van der Waals surface area contributed by atoms with E-state index in [1.165, 1.54) is 60.4 Å². The first kappa shape index (κ1) is 21.8. The lowest BCUT2D eigenvalue weighted by Crippen LogP contribution is -2.14. The number of fused-ring (bicyclic) bond motifs is 1. The van der Waals surface area contributed by atoms with Gasteiger partial charge in [0.1, 0.15) is 0 Å². The molecule has 0 saturated carbocycles. The Labute approximate surface area is 197 Å². The molecule has 3 aromatic carbocycles. The zero-order valence-electron chi connectivity index (χ0n) is 18.2. The lowest BCUT2D eigenvalue weighted by Gasteiger charge is -2.15. The van der Waals surface area contributed by atoms with Crippen molar-refractivity contribution in [2.45, 2.75) is 30.6 Å². The summed E-state index contributed by atoms with van der Waals surface area (Å²) in [5, 5.41) is 10.6. The van der Waals surface area contributed by atoms with E-state index in [0.717, 1.165) is 18.4 Å². The number of amides is 1. The Morgan fingerprint density at radius 3 is 2.35 bits per heavy atom. The molecule has 9 heteroatoms. The average molecular weight is 475 g/mol. The quantitative estimate of drug-likeness (QED) is 0.420. The highest BCUT2D eigenvalue weighted by atomic mass is 32.2. The standard InChI is InChI=1S/C25H22N4O4S/c30-23(18-12-14-21(15-13-18)29-34(31,32)22-8-2-1-3-9-22)26-25-28-27-24(33-25)20-11-10-17-6-4-5-7-19(17)16-20/h1-3,8-16,29H,4-7H2,(H,26,28,30). The number of hydrogen-bond donors (Lipinski definition) is 2. The molecular formula is C25H22N4O4S. The molecule has 4 aromatic rings. The molecule has 172 valence electrons. The van der Waals surface area contributed by atoms with Crippen LogP contribution < -0.4 is 10.0 Å². The summed E-state index contributed by atoms with van der Waals surface area (Å²) in [6.45, 7) is 0. The van der Waals surface area contributed by atoms with Crippen LogP contribution in [0.3, 0.4) is 0 Å². The molecule has 0 radical (unpaired) electrons. The van der Waals surface area contributed by atoms with Crippen molar-refractivity contribution in [2.24, 2.45) is 0 Å². The van der Waals surface area contributed by atoms with E-state index in [1.807, 2.05) is 6.07 Å². The van der Waals surface area contributed by atoms with Gasteiger partial charge in [0.25, 0.3) is 15.9 Å². The van der Waals surface area contributed by atoms with Crippen molar-refractivity contribution < 1.29 is 17.6 Å². The Bertz CT molecular complexity index is 1430. The van der Waals surface area contributed by atoms with E-state index in [0.29, 0.717) is 17.1 Å². The Morgan fingerprint density at radius 1 is 0.853 bits per heavy atom. The Hall–Kier alpha value is -3.98. The second-order valence-electron chi connectivity index (χ2n) is 8.05. The van der Waals surface area contributed by atoms with Gasteiger partial charge in [-0.3, -0.25) is 14.8 Å². The SMILES string of the molecule is O=C(Nc1nnc(-c2ccc3c(c2)CCCC3)o1)c1ccc(NS(=O)(=O)c2ccccc2)cc1. The first-order valence-electron chi connectivity index (χ1n) is 10.9. The normalized spacial score (nSPS) is 13.2. The summed E-state index contributed by atoms with van der Waals surface area (Å²) in [7, 11) is -3.71. The summed E-state index contributed by atoms with van der Waals surface area (Å²) in [6.07, 6.45) is 4.52. The van der Waals surface area contributed by atoms with Crippen LogP contribution in [0.25, 0.3) is 11.5 Å². The maximum absolute atomic E-state index is 12.6. The predicted molar refractivity (Wildman–Crippen MR) is 128 cm³/mol. The highest BCUT2D eigenvalue weighted by Gasteiger charge is 2.17. The topological polar surface area (TPSA) is 114 Å². The third-order valence-corrected chi connectivity index (χ3v) is 7.09. The molecule has 34 heavy (non-hydrogen) atoms. The number of benzene rings is 3. The molecule has 1 amide bonds. The number of rotatable bonds is 6. The van der Waals surface area contributed by atoms with Gasteiger partial charge in [0.05, 0.1) is 4.90 Å². The van der Waals surface area contributed by atoms with Crippen LogP contribution in [-0.2, 0) is 22.9 Å². The molecular weight excluding hydrogens is 452 g/mol. The van der Waals surface area contributed by atoms with Crippen LogP contribution in [0, 0.1) is 0 Å². The summed E-state index contributed by atoms with van der Waals surface area (Å²) in [5.41, 5.74) is 4.14. The van der Waals surface area contributed by atoms with Crippen molar-refractivity contribution in [3.05, 3.63) is 89.5 Å². The van der Waals surface area contributed by atoms with Gasteiger partial charge in [0.15, 0.2) is 0 Å². The summed E-state index contributed by atoms with van der Waals surface area (Å²) in [4.78, 5) is 12.7. The summed E-state index contributed by atoms with van der Waals surface area (Å²) in [5.74, 6) is -0.104. The molecule has 0 bridgehead atoms. The fourth-order valence-corrected chi connectivity index (χ4v) is 5.01. The van der Waals surface area contributed by atoms with Gasteiger partial charge in [0, 0.05) is 16.8 Å². The van der Waals surface area contributed by atoms with Crippen LogP contribution in [-0.4, -0.2) is 24.5 Å². The fraction of sp³-hybridized carbons (Fsp3) is 0.160. The van der Waals surface area contributed by atoms with Crippen molar-refractivity contribution in [3.63, 3.8) is 0 Å². The molecule has 0 unspecified atom stereocenters. The molecule has 0 atom stereocenters. The van der Waals surface area contributed by atoms with E-state index < -0.39 is 15.9 Å². The van der Waals surface area contributed by atoms with Gasteiger partial charge < -0.3 is 4.42 Å². The first-order valence-corrected chi connectivity index (χ1v) is 12.4. The Kier molecular flexibility index (Phi) is 5.85. The van der Waals surface area contributed by atoms with Gasteiger partial charge in [-0.2, -0.15) is 0 Å². The summed E-state index contributed by atoms with van der Waals surface area (Å²) >= 11 is 0. The third-order valence-electron chi connectivity index (χ3n) is 5.69. The number of carbonyl (C=O) groups is 1. The first-order chi connectivity index (χ1) is 16.5. The average Bonchev–Trinajstić information content (AvgIpc) is 3.33. The molecule has 1 aromatic heterocycles.